The van der Waals surface area contributed by atoms with E-state index in [4.69, 9.17) is 4.74 Å². The van der Waals surface area contributed by atoms with Gasteiger partial charge in [-0.2, -0.15) is 0 Å². The van der Waals surface area contributed by atoms with E-state index in [-0.39, 0.29) is 11.8 Å². The number of ketones is 1. The third-order valence-electron chi connectivity index (χ3n) is 2.23. The first-order valence-electron chi connectivity index (χ1n) is 5.55. The Labute approximate surface area is 109 Å². The van der Waals surface area contributed by atoms with E-state index in [0.717, 1.165) is 11.8 Å². The molecule has 4 heteroatoms. The van der Waals surface area contributed by atoms with E-state index in [9.17, 15) is 9.59 Å². The Balaban J connectivity index is 2.78. The van der Waals surface area contributed by atoms with E-state index in [1.165, 1.54) is 0 Å². The maximum Gasteiger partial charge on any atom is 0.338 e. The van der Waals surface area contributed by atoms with Crippen molar-refractivity contribution in [3.05, 3.63) is 35.4 Å². The van der Waals surface area contributed by atoms with Crippen molar-refractivity contribution in [2.45, 2.75) is 19.8 Å². The summed E-state index contributed by atoms with van der Waals surface area (Å²) in [7, 11) is 0. The molecule has 0 bridgehead atoms. The Kier molecular flexibility index (Phi) is 5.91. The number of Topliss-reactive ketones (excluding diaryl/α,β-unsaturated/α-hetero) is 1. The Hall–Kier alpha value is -1.16. The van der Waals surface area contributed by atoms with Gasteiger partial charge in [-0.25, -0.2) is 4.79 Å². The molecule has 1 aromatic carbocycles. The van der Waals surface area contributed by atoms with E-state index in [1.54, 1.807) is 31.2 Å². The van der Waals surface area contributed by atoms with Crippen molar-refractivity contribution < 1.29 is 14.3 Å². The summed E-state index contributed by atoms with van der Waals surface area (Å²) in [6.45, 7) is 2.09. The van der Waals surface area contributed by atoms with Crippen molar-refractivity contribution in [3.8, 4) is 0 Å². The summed E-state index contributed by atoms with van der Waals surface area (Å²) in [5.74, 6) is -0.335. The van der Waals surface area contributed by atoms with Crippen LogP contribution in [0.2, 0.25) is 0 Å². The predicted octanol–water partition coefficient (Wildman–Crippen LogP) is 3.22. The van der Waals surface area contributed by atoms with Crippen LogP contribution in [0.3, 0.4) is 0 Å². The van der Waals surface area contributed by atoms with Gasteiger partial charge in [-0.1, -0.05) is 28.1 Å². The van der Waals surface area contributed by atoms with Crippen molar-refractivity contribution in [1.29, 1.82) is 0 Å². The molecule has 0 N–H and O–H groups in total. The van der Waals surface area contributed by atoms with Gasteiger partial charge in [0.15, 0.2) is 5.78 Å². The molecule has 0 heterocycles. The molecule has 0 aliphatic rings. The second-order valence-electron chi connectivity index (χ2n) is 3.52. The van der Waals surface area contributed by atoms with Crippen molar-refractivity contribution >= 4 is 27.7 Å². The zero-order valence-corrected chi connectivity index (χ0v) is 11.3. The van der Waals surface area contributed by atoms with Gasteiger partial charge in [0.05, 0.1) is 12.2 Å². The number of rotatable bonds is 6. The van der Waals surface area contributed by atoms with Crippen LogP contribution in [0.1, 0.15) is 40.5 Å². The molecule has 0 saturated heterocycles. The average molecular weight is 299 g/mol. The standard InChI is InChI=1S/C13H15BrO3/c1-2-17-13(16)11-6-3-5-10(9-11)12(15)7-4-8-14/h3,5-6,9H,2,4,7-8H2,1H3. The molecule has 0 radical (unpaired) electrons. The van der Waals surface area contributed by atoms with E-state index in [1.807, 2.05) is 0 Å². The fourth-order valence-electron chi connectivity index (χ4n) is 1.41. The van der Waals surface area contributed by atoms with E-state index >= 15 is 0 Å². The minimum Gasteiger partial charge on any atom is -0.462 e. The van der Waals surface area contributed by atoms with Gasteiger partial charge in [0.2, 0.25) is 0 Å². The molecule has 0 fully saturated rings. The van der Waals surface area contributed by atoms with Crippen LogP contribution in [0.4, 0.5) is 0 Å². The highest BCUT2D eigenvalue weighted by molar-refractivity contribution is 9.09. The first-order valence-corrected chi connectivity index (χ1v) is 6.67. The molecular formula is C13H15BrO3. The van der Waals surface area contributed by atoms with Crippen LogP contribution in [0, 0.1) is 0 Å². The fourth-order valence-corrected chi connectivity index (χ4v) is 1.69. The molecule has 0 unspecified atom stereocenters. The lowest BCUT2D eigenvalue weighted by molar-refractivity contribution is 0.0526. The van der Waals surface area contributed by atoms with Gasteiger partial charge in [-0.3, -0.25) is 4.79 Å². The normalized spacial score (nSPS) is 10.0. The molecule has 0 atom stereocenters. The van der Waals surface area contributed by atoms with Gasteiger partial charge >= 0.3 is 5.97 Å². The number of hydrogen-bond donors (Lipinski definition) is 0. The molecule has 1 rings (SSSR count). The van der Waals surface area contributed by atoms with Crippen LogP contribution in [-0.4, -0.2) is 23.7 Å². The van der Waals surface area contributed by atoms with Crippen LogP contribution in [-0.2, 0) is 4.74 Å². The van der Waals surface area contributed by atoms with Crippen LogP contribution < -0.4 is 0 Å². The first kappa shape index (κ1) is 13.9. The third kappa shape index (κ3) is 4.30. The number of esters is 1. The predicted molar refractivity (Wildman–Crippen MR) is 69.8 cm³/mol. The molecule has 0 amide bonds. The Bertz CT molecular complexity index is 401. The second-order valence-corrected chi connectivity index (χ2v) is 4.31. The quantitative estimate of drug-likeness (QED) is 0.460. The lowest BCUT2D eigenvalue weighted by atomic mass is 10.0. The molecular weight excluding hydrogens is 284 g/mol. The van der Waals surface area contributed by atoms with Crippen molar-refractivity contribution in [2.75, 3.05) is 11.9 Å². The summed E-state index contributed by atoms with van der Waals surface area (Å²) in [6.07, 6.45) is 1.28. The zero-order chi connectivity index (χ0) is 12.7. The summed E-state index contributed by atoms with van der Waals surface area (Å²) >= 11 is 3.28. The van der Waals surface area contributed by atoms with E-state index in [0.29, 0.717) is 24.2 Å². The molecule has 0 aliphatic carbocycles. The molecule has 0 aliphatic heterocycles. The minimum absolute atomic E-state index is 0.0515. The van der Waals surface area contributed by atoms with Crippen molar-refractivity contribution in [3.63, 3.8) is 0 Å². The number of ether oxygens (including phenoxy) is 1. The zero-order valence-electron chi connectivity index (χ0n) is 9.74. The lowest BCUT2D eigenvalue weighted by Crippen LogP contribution is -2.07. The summed E-state index contributed by atoms with van der Waals surface area (Å²) in [4.78, 5) is 23.3. The highest BCUT2D eigenvalue weighted by atomic mass is 79.9. The highest BCUT2D eigenvalue weighted by Gasteiger charge is 2.10. The monoisotopic (exact) mass is 298 g/mol. The Morgan fingerprint density at radius 1 is 1.29 bits per heavy atom. The molecule has 0 spiro atoms. The maximum absolute atomic E-state index is 11.8. The number of hydrogen-bond acceptors (Lipinski definition) is 3. The first-order chi connectivity index (χ1) is 8.19. The number of benzene rings is 1. The van der Waals surface area contributed by atoms with Crippen LogP contribution in [0.25, 0.3) is 0 Å². The molecule has 17 heavy (non-hydrogen) atoms. The number of alkyl halides is 1. The largest absolute Gasteiger partial charge is 0.462 e. The number of halogens is 1. The fraction of sp³-hybridized carbons (Fsp3) is 0.385. The van der Waals surface area contributed by atoms with Gasteiger partial charge in [0.1, 0.15) is 0 Å². The van der Waals surface area contributed by atoms with Crippen LogP contribution >= 0.6 is 15.9 Å². The molecule has 0 aromatic heterocycles. The average Bonchev–Trinajstić information content (AvgIpc) is 2.36. The SMILES string of the molecule is CCOC(=O)c1cccc(C(=O)CCCBr)c1. The van der Waals surface area contributed by atoms with Gasteiger partial charge in [-0.05, 0) is 25.5 Å². The van der Waals surface area contributed by atoms with E-state index < -0.39 is 0 Å². The number of carbonyl (C=O) groups excluding carboxylic acids is 2. The third-order valence-corrected chi connectivity index (χ3v) is 2.79. The minimum atomic E-state index is -0.386. The Morgan fingerprint density at radius 3 is 2.65 bits per heavy atom. The van der Waals surface area contributed by atoms with Gasteiger partial charge in [0.25, 0.3) is 0 Å². The summed E-state index contributed by atoms with van der Waals surface area (Å²) in [5, 5.41) is 0.802. The smallest absolute Gasteiger partial charge is 0.338 e. The molecule has 1 aromatic rings. The van der Waals surface area contributed by atoms with Gasteiger partial charge in [0, 0.05) is 17.3 Å². The van der Waals surface area contributed by atoms with Crippen LogP contribution in [0.15, 0.2) is 24.3 Å². The van der Waals surface area contributed by atoms with Crippen LogP contribution in [0.5, 0.6) is 0 Å². The highest BCUT2D eigenvalue weighted by Crippen LogP contribution is 2.10. The molecule has 92 valence electrons. The Morgan fingerprint density at radius 2 is 2.00 bits per heavy atom. The lowest BCUT2D eigenvalue weighted by Gasteiger charge is -2.04. The van der Waals surface area contributed by atoms with E-state index in [2.05, 4.69) is 15.9 Å². The maximum atomic E-state index is 11.8. The summed E-state index contributed by atoms with van der Waals surface area (Å²) in [6, 6.07) is 6.67. The van der Waals surface area contributed by atoms with Crippen molar-refractivity contribution in [1.82, 2.24) is 0 Å². The summed E-state index contributed by atoms with van der Waals surface area (Å²) in [5.41, 5.74) is 0.994. The molecule has 0 saturated carbocycles. The number of carbonyl (C=O) groups is 2. The molecule has 3 nitrogen and oxygen atoms in total. The second kappa shape index (κ2) is 7.22. The summed E-state index contributed by atoms with van der Waals surface area (Å²) < 4.78 is 4.89. The topological polar surface area (TPSA) is 43.4 Å². The van der Waals surface area contributed by atoms with Crippen molar-refractivity contribution in [2.24, 2.45) is 0 Å². The van der Waals surface area contributed by atoms with Gasteiger partial charge < -0.3 is 4.74 Å². The van der Waals surface area contributed by atoms with Gasteiger partial charge in [-0.15, -0.1) is 0 Å².